The lowest BCUT2D eigenvalue weighted by Crippen LogP contribution is -2.44. The fraction of sp³-hybridized carbons (Fsp3) is 0.611. The molecule has 1 aromatic rings. The average molecular weight is 396 g/mol. The summed E-state index contributed by atoms with van der Waals surface area (Å²) in [5, 5.41) is 5.93. The number of rotatable bonds is 5. The largest absolute Gasteiger partial charge is 0.469 e. The number of fused-ring (bicyclic) bond motifs is 2. The van der Waals surface area contributed by atoms with Crippen LogP contribution >= 0.6 is 11.3 Å². The van der Waals surface area contributed by atoms with E-state index in [2.05, 4.69) is 20.1 Å². The molecule has 0 bridgehead atoms. The summed E-state index contributed by atoms with van der Waals surface area (Å²) in [4.78, 5) is 37.8. The summed E-state index contributed by atoms with van der Waals surface area (Å²) in [5.41, 5.74) is 0.745. The monoisotopic (exact) mass is 396 g/mol. The first-order valence-corrected chi connectivity index (χ1v) is 9.74. The summed E-state index contributed by atoms with van der Waals surface area (Å²) >= 11 is 1.42. The average Bonchev–Trinajstić information content (AvgIpc) is 3.13. The molecule has 2 aliphatic rings. The van der Waals surface area contributed by atoms with Crippen LogP contribution in [0.4, 0.5) is 0 Å². The maximum Gasteiger partial charge on any atom is 0.328 e. The minimum absolute atomic E-state index is 0.279. The Labute approximate surface area is 161 Å². The van der Waals surface area contributed by atoms with Gasteiger partial charge in [-0.25, -0.2) is 4.79 Å². The van der Waals surface area contributed by atoms with E-state index in [9.17, 15) is 14.4 Å². The van der Waals surface area contributed by atoms with Crippen molar-refractivity contribution in [2.45, 2.75) is 37.3 Å². The molecular weight excluding hydrogens is 372 g/mol. The first-order valence-electron chi connectivity index (χ1n) is 8.92. The lowest BCUT2D eigenvalue weighted by molar-refractivity contribution is -0.149. The van der Waals surface area contributed by atoms with Gasteiger partial charge in [0.05, 0.1) is 37.7 Å². The lowest BCUT2D eigenvalue weighted by atomic mass is 9.83. The van der Waals surface area contributed by atoms with Crippen LogP contribution in [-0.4, -0.2) is 57.8 Å². The van der Waals surface area contributed by atoms with Gasteiger partial charge in [0, 0.05) is 11.3 Å². The van der Waals surface area contributed by atoms with E-state index >= 15 is 0 Å². The standard InChI is InChI=1S/C18H24N2O6S/c1-24-15(21)10-12(17(23)25-2)20-16(22)14-9-11-13(27-14)3-8-26-18(11)4-6-19-7-5-18/h9,12,19H,3-8,10H2,1-2H3,(H,20,22). The highest BCUT2D eigenvalue weighted by molar-refractivity contribution is 7.14. The minimum atomic E-state index is -1.09. The highest BCUT2D eigenvalue weighted by atomic mass is 32.1. The SMILES string of the molecule is COC(=O)CC(NC(=O)c1cc2c(s1)CCOC21CCNCC1)C(=O)OC. The molecule has 1 unspecified atom stereocenters. The molecule has 2 aliphatic heterocycles. The van der Waals surface area contributed by atoms with Gasteiger partial charge in [0.1, 0.15) is 6.04 Å². The van der Waals surface area contributed by atoms with E-state index in [1.807, 2.05) is 6.07 Å². The first kappa shape index (κ1) is 19.8. The van der Waals surface area contributed by atoms with Crippen molar-refractivity contribution in [3.8, 4) is 0 Å². The van der Waals surface area contributed by atoms with E-state index in [0.29, 0.717) is 11.5 Å². The number of hydrogen-bond acceptors (Lipinski definition) is 8. The molecule has 9 heteroatoms. The number of esters is 2. The van der Waals surface area contributed by atoms with Crippen LogP contribution in [0.3, 0.4) is 0 Å². The van der Waals surface area contributed by atoms with Crippen molar-refractivity contribution in [2.75, 3.05) is 33.9 Å². The van der Waals surface area contributed by atoms with Crippen molar-refractivity contribution in [2.24, 2.45) is 0 Å². The van der Waals surface area contributed by atoms with Crippen LogP contribution in [0, 0.1) is 0 Å². The Hall–Kier alpha value is -1.97. The molecule has 1 atom stereocenters. The molecule has 0 aliphatic carbocycles. The van der Waals surface area contributed by atoms with Gasteiger partial charge in [0.2, 0.25) is 0 Å². The summed E-state index contributed by atoms with van der Waals surface area (Å²) in [6, 6.07) is 0.782. The van der Waals surface area contributed by atoms with Gasteiger partial charge in [-0.2, -0.15) is 0 Å². The summed E-state index contributed by atoms with van der Waals surface area (Å²) in [7, 11) is 2.44. The Morgan fingerprint density at radius 1 is 1.30 bits per heavy atom. The number of piperidine rings is 1. The van der Waals surface area contributed by atoms with E-state index < -0.39 is 23.9 Å². The first-order chi connectivity index (χ1) is 13.0. The van der Waals surface area contributed by atoms with Crippen molar-refractivity contribution < 1.29 is 28.6 Å². The van der Waals surface area contributed by atoms with Crippen molar-refractivity contribution >= 4 is 29.2 Å². The summed E-state index contributed by atoms with van der Waals surface area (Å²) in [6.07, 6.45) is 2.22. The molecule has 3 rings (SSSR count). The second-order valence-electron chi connectivity index (χ2n) is 6.62. The van der Waals surface area contributed by atoms with Gasteiger partial charge in [0.15, 0.2) is 0 Å². The zero-order chi connectivity index (χ0) is 19.4. The number of amides is 1. The maximum absolute atomic E-state index is 12.7. The fourth-order valence-corrected chi connectivity index (χ4v) is 4.72. The third kappa shape index (κ3) is 4.15. The summed E-state index contributed by atoms with van der Waals surface area (Å²) in [6.45, 7) is 2.39. The topological polar surface area (TPSA) is 103 Å². The fourth-order valence-electron chi connectivity index (χ4n) is 3.59. The number of hydrogen-bond donors (Lipinski definition) is 2. The van der Waals surface area contributed by atoms with Crippen LogP contribution in [0.15, 0.2) is 6.07 Å². The summed E-state index contributed by atoms with van der Waals surface area (Å²) in [5.74, 6) is -1.69. The van der Waals surface area contributed by atoms with E-state index in [4.69, 9.17) is 4.74 Å². The van der Waals surface area contributed by atoms with E-state index in [-0.39, 0.29) is 12.0 Å². The molecular formula is C18H24N2O6S. The Balaban J connectivity index is 1.79. The van der Waals surface area contributed by atoms with Gasteiger partial charge >= 0.3 is 11.9 Å². The van der Waals surface area contributed by atoms with Crippen LogP contribution < -0.4 is 10.6 Å². The smallest absolute Gasteiger partial charge is 0.328 e. The van der Waals surface area contributed by atoms with Crippen LogP contribution in [0.25, 0.3) is 0 Å². The van der Waals surface area contributed by atoms with Crippen molar-refractivity contribution in [1.82, 2.24) is 10.6 Å². The quantitative estimate of drug-likeness (QED) is 0.708. The zero-order valence-electron chi connectivity index (χ0n) is 15.5. The number of thiophene rings is 1. The van der Waals surface area contributed by atoms with Gasteiger partial charge in [-0.3, -0.25) is 9.59 Å². The molecule has 1 amide bonds. The molecule has 27 heavy (non-hydrogen) atoms. The predicted molar refractivity (Wildman–Crippen MR) is 97.7 cm³/mol. The van der Waals surface area contributed by atoms with Gasteiger partial charge in [-0.1, -0.05) is 0 Å². The molecule has 0 radical (unpaired) electrons. The van der Waals surface area contributed by atoms with Crippen molar-refractivity contribution in [1.29, 1.82) is 0 Å². The third-order valence-corrected chi connectivity index (χ3v) is 6.23. The number of carbonyl (C=O) groups excluding carboxylic acids is 3. The molecule has 3 heterocycles. The molecule has 1 fully saturated rings. The molecule has 1 saturated heterocycles. The van der Waals surface area contributed by atoms with Crippen LogP contribution in [0.2, 0.25) is 0 Å². The second kappa shape index (κ2) is 8.37. The molecule has 0 saturated carbocycles. The molecule has 1 spiro atoms. The highest BCUT2D eigenvalue weighted by Crippen LogP contribution is 2.43. The predicted octanol–water partition coefficient (Wildman–Crippen LogP) is 0.734. The van der Waals surface area contributed by atoms with Crippen LogP contribution in [0.5, 0.6) is 0 Å². The minimum Gasteiger partial charge on any atom is -0.469 e. The number of carbonyl (C=O) groups is 3. The van der Waals surface area contributed by atoms with Gasteiger partial charge in [0.25, 0.3) is 5.91 Å². The van der Waals surface area contributed by atoms with E-state index in [1.54, 1.807) is 0 Å². The number of ether oxygens (including phenoxy) is 3. The lowest BCUT2D eigenvalue weighted by Gasteiger charge is -2.40. The zero-order valence-corrected chi connectivity index (χ0v) is 16.3. The molecule has 1 aromatic heterocycles. The molecule has 0 aromatic carbocycles. The molecule has 148 valence electrons. The highest BCUT2D eigenvalue weighted by Gasteiger charge is 2.41. The Morgan fingerprint density at radius 3 is 2.70 bits per heavy atom. The number of methoxy groups -OCH3 is 2. The maximum atomic E-state index is 12.7. The van der Waals surface area contributed by atoms with Crippen LogP contribution in [-0.2, 0) is 35.8 Å². The van der Waals surface area contributed by atoms with Gasteiger partial charge in [-0.15, -0.1) is 11.3 Å². The van der Waals surface area contributed by atoms with E-state index in [0.717, 1.165) is 42.8 Å². The summed E-state index contributed by atoms with van der Waals surface area (Å²) < 4.78 is 15.4. The molecule has 2 N–H and O–H groups in total. The van der Waals surface area contributed by atoms with Gasteiger partial charge < -0.3 is 24.8 Å². The van der Waals surface area contributed by atoms with Crippen molar-refractivity contribution in [3.05, 3.63) is 21.4 Å². The van der Waals surface area contributed by atoms with E-state index in [1.165, 1.54) is 25.6 Å². The Morgan fingerprint density at radius 2 is 2.04 bits per heavy atom. The van der Waals surface area contributed by atoms with Gasteiger partial charge in [-0.05, 0) is 37.6 Å². The Bertz CT molecular complexity index is 725. The number of nitrogens with one attached hydrogen (secondary N) is 2. The second-order valence-corrected chi connectivity index (χ2v) is 7.76. The molecule has 8 nitrogen and oxygen atoms in total. The normalized spacial score (nSPS) is 19.0. The third-order valence-electron chi connectivity index (χ3n) is 5.03. The Kier molecular flexibility index (Phi) is 6.13. The van der Waals surface area contributed by atoms with Crippen molar-refractivity contribution in [3.63, 3.8) is 0 Å². The van der Waals surface area contributed by atoms with Crippen LogP contribution in [0.1, 0.15) is 39.4 Å².